The summed E-state index contributed by atoms with van der Waals surface area (Å²) in [5, 5.41) is 3.16. The summed E-state index contributed by atoms with van der Waals surface area (Å²) in [5.74, 6) is 0. The Hall–Kier alpha value is -0.910. The number of rotatable bonds is 7. The average molecular weight is 284 g/mol. The van der Waals surface area contributed by atoms with Gasteiger partial charge in [0.25, 0.3) is 0 Å². The first-order valence-electron chi connectivity index (χ1n) is 6.65. The standard InChI is InChI=1S/C14H24N2O2S/c1-5-14(3,4)16-19(17,18)13-10-8-7-9-12(13)11-15-6-2/h7-10,15-16H,5-6,11H2,1-4H3. The maximum atomic E-state index is 12.5. The molecule has 1 rings (SSSR count). The van der Waals surface area contributed by atoms with Gasteiger partial charge in [-0.25, -0.2) is 13.1 Å². The summed E-state index contributed by atoms with van der Waals surface area (Å²) in [5.41, 5.74) is 0.355. The van der Waals surface area contributed by atoms with Crippen molar-refractivity contribution in [1.82, 2.24) is 10.0 Å². The summed E-state index contributed by atoms with van der Waals surface area (Å²) in [6, 6.07) is 7.11. The van der Waals surface area contributed by atoms with Crippen molar-refractivity contribution in [3.63, 3.8) is 0 Å². The minimum atomic E-state index is -3.48. The summed E-state index contributed by atoms with van der Waals surface area (Å²) in [4.78, 5) is 0.359. The molecule has 1 aromatic rings. The Morgan fingerprint density at radius 2 is 1.79 bits per heavy atom. The first kappa shape index (κ1) is 16.1. The Morgan fingerprint density at radius 1 is 1.16 bits per heavy atom. The van der Waals surface area contributed by atoms with Crippen LogP contribution in [0.1, 0.15) is 39.7 Å². The molecule has 1 aromatic carbocycles. The Bertz CT molecular complexity index is 510. The van der Waals surface area contributed by atoms with Gasteiger partial charge in [-0.2, -0.15) is 0 Å². The molecule has 0 fully saturated rings. The largest absolute Gasteiger partial charge is 0.313 e. The van der Waals surface area contributed by atoms with Gasteiger partial charge in [0.1, 0.15) is 0 Å². The fraction of sp³-hybridized carbons (Fsp3) is 0.571. The fourth-order valence-corrected chi connectivity index (χ4v) is 3.39. The molecular formula is C14H24N2O2S. The third-order valence-corrected chi connectivity index (χ3v) is 4.92. The molecule has 108 valence electrons. The van der Waals surface area contributed by atoms with Gasteiger partial charge in [0.2, 0.25) is 10.0 Å². The van der Waals surface area contributed by atoms with Crippen LogP contribution in [0.15, 0.2) is 29.2 Å². The molecule has 19 heavy (non-hydrogen) atoms. The third kappa shape index (κ3) is 4.60. The molecule has 0 aliphatic rings. The van der Waals surface area contributed by atoms with Gasteiger partial charge in [0.15, 0.2) is 0 Å². The smallest absolute Gasteiger partial charge is 0.241 e. The second-order valence-electron chi connectivity index (χ2n) is 5.23. The zero-order valence-electron chi connectivity index (χ0n) is 12.2. The maximum absolute atomic E-state index is 12.5. The highest BCUT2D eigenvalue weighted by molar-refractivity contribution is 7.89. The number of hydrogen-bond acceptors (Lipinski definition) is 3. The maximum Gasteiger partial charge on any atom is 0.241 e. The molecule has 4 nitrogen and oxygen atoms in total. The first-order valence-corrected chi connectivity index (χ1v) is 8.13. The molecule has 2 N–H and O–H groups in total. The Morgan fingerprint density at radius 3 is 2.37 bits per heavy atom. The number of nitrogens with one attached hydrogen (secondary N) is 2. The van der Waals surface area contributed by atoms with E-state index in [1.807, 2.05) is 39.8 Å². The molecule has 0 saturated carbocycles. The van der Waals surface area contributed by atoms with Crippen LogP contribution in [-0.4, -0.2) is 20.5 Å². The summed E-state index contributed by atoms with van der Waals surface area (Å²) in [6.07, 6.45) is 0.738. The van der Waals surface area contributed by atoms with Gasteiger partial charge >= 0.3 is 0 Å². The van der Waals surface area contributed by atoms with E-state index in [1.54, 1.807) is 12.1 Å². The molecule has 0 radical (unpaired) electrons. The van der Waals surface area contributed by atoms with Crippen molar-refractivity contribution in [3.8, 4) is 0 Å². The van der Waals surface area contributed by atoms with Crippen LogP contribution in [-0.2, 0) is 16.6 Å². The summed E-state index contributed by atoms with van der Waals surface area (Å²) >= 11 is 0. The van der Waals surface area contributed by atoms with Crippen LogP contribution in [0.2, 0.25) is 0 Å². The van der Waals surface area contributed by atoms with Crippen molar-refractivity contribution in [2.45, 2.75) is 51.1 Å². The van der Waals surface area contributed by atoms with E-state index in [0.717, 1.165) is 18.5 Å². The Labute approximate surface area is 116 Å². The second-order valence-corrected chi connectivity index (χ2v) is 6.88. The molecule has 0 aliphatic heterocycles. The lowest BCUT2D eigenvalue weighted by Crippen LogP contribution is -2.43. The Balaban J connectivity index is 3.07. The zero-order chi connectivity index (χ0) is 14.5. The van der Waals surface area contributed by atoms with E-state index < -0.39 is 15.6 Å². The van der Waals surface area contributed by atoms with Crippen LogP contribution in [0.5, 0.6) is 0 Å². The summed E-state index contributed by atoms with van der Waals surface area (Å²) < 4.78 is 27.7. The highest BCUT2D eigenvalue weighted by Gasteiger charge is 2.26. The lowest BCUT2D eigenvalue weighted by atomic mass is 10.0. The topological polar surface area (TPSA) is 58.2 Å². The van der Waals surface area contributed by atoms with Crippen molar-refractivity contribution < 1.29 is 8.42 Å². The molecule has 0 saturated heterocycles. The number of sulfonamides is 1. The van der Waals surface area contributed by atoms with Crippen LogP contribution < -0.4 is 10.0 Å². The van der Waals surface area contributed by atoms with Crippen LogP contribution in [0.25, 0.3) is 0 Å². The third-order valence-electron chi connectivity index (χ3n) is 3.12. The van der Waals surface area contributed by atoms with Crippen LogP contribution in [0, 0.1) is 0 Å². The first-order chi connectivity index (χ1) is 8.82. The van der Waals surface area contributed by atoms with E-state index in [4.69, 9.17) is 0 Å². The van der Waals surface area contributed by atoms with Gasteiger partial charge in [0, 0.05) is 12.1 Å². The number of hydrogen-bond donors (Lipinski definition) is 2. The molecule has 0 atom stereocenters. The molecule has 0 amide bonds. The van der Waals surface area contributed by atoms with E-state index in [9.17, 15) is 8.42 Å². The normalized spacial score (nSPS) is 12.6. The van der Waals surface area contributed by atoms with Crippen LogP contribution in [0.3, 0.4) is 0 Å². The van der Waals surface area contributed by atoms with Gasteiger partial charge in [-0.05, 0) is 38.4 Å². The van der Waals surface area contributed by atoms with Crippen molar-refractivity contribution in [1.29, 1.82) is 0 Å². The Kier molecular flexibility index (Phi) is 5.52. The minimum Gasteiger partial charge on any atom is -0.313 e. The van der Waals surface area contributed by atoms with Crippen molar-refractivity contribution in [3.05, 3.63) is 29.8 Å². The van der Waals surface area contributed by atoms with Gasteiger partial charge in [-0.3, -0.25) is 0 Å². The molecule has 0 heterocycles. The van der Waals surface area contributed by atoms with Gasteiger partial charge in [-0.1, -0.05) is 32.0 Å². The van der Waals surface area contributed by atoms with Crippen molar-refractivity contribution in [2.24, 2.45) is 0 Å². The molecule has 0 bridgehead atoms. The lowest BCUT2D eigenvalue weighted by Gasteiger charge is -2.25. The molecule has 0 aliphatic carbocycles. The molecule has 0 unspecified atom stereocenters. The fourth-order valence-electron chi connectivity index (χ4n) is 1.66. The molecular weight excluding hydrogens is 260 g/mol. The monoisotopic (exact) mass is 284 g/mol. The quantitative estimate of drug-likeness (QED) is 0.807. The van der Waals surface area contributed by atoms with E-state index in [2.05, 4.69) is 10.0 Å². The van der Waals surface area contributed by atoms with E-state index in [-0.39, 0.29) is 0 Å². The molecule has 5 heteroatoms. The predicted octanol–water partition coefficient (Wildman–Crippen LogP) is 2.26. The average Bonchev–Trinajstić information content (AvgIpc) is 2.35. The van der Waals surface area contributed by atoms with E-state index >= 15 is 0 Å². The number of benzene rings is 1. The van der Waals surface area contributed by atoms with Crippen LogP contribution in [0.4, 0.5) is 0 Å². The summed E-state index contributed by atoms with van der Waals surface area (Å²) in [7, 11) is -3.48. The lowest BCUT2D eigenvalue weighted by molar-refractivity contribution is 0.439. The predicted molar refractivity (Wildman–Crippen MR) is 78.5 cm³/mol. The van der Waals surface area contributed by atoms with Gasteiger partial charge in [-0.15, -0.1) is 0 Å². The van der Waals surface area contributed by atoms with E-state index in [1.165, 1.54) is 0 Å². The van der Waals surface area contributed by atoms with Crippen LogP contribution >= 0.6 is 0 Å². The SMILES string of the molecule is CCNCc1ccccc1S(=O)(=O)NC(C)(C)CC. The highest BCUT2D eigenvalue weighted by atomic mass is 32.2. The van der Waals surface area contributed by atoms with E-state index in [0.29, 0.717) is 11.4 Å². The molecule has 0 spiro atoms. The summed E-state index contributed by atoms with van der Waals surface area (Å²) in [6.45, 7) is 9.10. The molecule has 0 aromatic heterocycles. The van der Waals surface area contributed by atoms with Crippen molar-refractivity contribution >= 4 is 10.0 Å². The minimum absolute atomic E-state index is 0.359. The van der Waals surface area contributed by atoms with Gasteiger partial charge in [0.05, 0.1) is 4.90 Å². The second kappa shape index (κ2) is 6.50. The highest BCUT2D eigenvalue weighted by Crippen LogP contribution is 2.19. The van der Waals surface area contributed by atoms with Gasteiger partial charge < -0.3 is 5.32 Å². The van der Waals surface area contributed by atoms with Crippen molar-refractivity contribution in [2.75, 3.05) is 6.54 Å². The zero-order valence-corrected chi connectivity index (χ0v) is 13.0.